The minimum Gasteiger partial charge on any atom is -0.477 e. The first-order valence-electron chi connectivity index (χ1n) is 9.45. The molecular formula is C21H21N3O4S2. The quantitative estimate of drug-likeness (QED) is 0.579. The minimum atomic E-state index is -1.13. The van der Waals surface area contributed by atoms with E-state index in [1.54, 1.807) is 17.8 Å². The van der Waals surface area contributed by atoms with Crippen LogP contribution in [0.2, 0.25) is 0 Å². The number of hydrogen-bond acceptors (Lipinski definition) is 6. The number of fused-ring (bicyclic) bond motifs is 1. The molecule has 2 atom stereocenters. The molecular weight excluding hydrogens is 422 g/mol. The Morgan fingerprint density at radius 3 is 2.73 bits per heavy atom. The normalized spacial score (nSPS) is 23.4. The number of carboxylic acids is 1. The zero-order chi connectivity index (χ0) is 21.3. The first-order valence-corrected chi connectivity index (χ1v) is 11.5. The van der Waals surface area contributed by atoms with Crippen LogP contribution in [0.1, 0.15) is 12.5 Å². The Hall–Kier alpha value is -2.65. The molecule has 1 aromatic rings. The van der Waals surface area contributed by atoms with Crippen LogP contribution in [-0.2, 0) is 20.8 Å². The van der Waals surface area contributed by atoms with Crippen molar-refractivity contribution in [2.75, 3.05) is 11.6 Å². The summed E-state index contributed by atoms with van der Waals surface area (Å²) in [6.45, 7) is 1.97. The van der Waals surface area contributed by atoms with Gasteiger partial charge in [-0.25, -0.2) is 4.79 Å². The van der Waals surface area contributed by atoms with Gasteiger partial charge in [0.05, 0.1) is 12.3 Å². The van der Waals surface area contributed by atoms with Crippen molar-refractivity contribution in [2.24, 2.45) is 0 Å². The maximum atomic E-state index is 12.7. The molecule has 4 rings (SSSR count). The highest BCUT2D eigenvalue weighted by molar-refractivity contribution is 8.03. The topological polar surface area (TPSA) is 98.7 Å². The van der Waals surface area contributed by atoms with E-state index in [1.807, 2.05) is 43.3 Å². The summed E-state index contributed by atoms with van der Waals surface area (Å²) in [4.78, 5) is 39.3. The Bertz CT molecular complexity index is 987. The lowest BCUT2D eigenvalue weighted by atomic mass is 10.0. The number of carbonyl (C=O) groups excluding carboxylic acids is 2. The van der Waals surface area contributed by atoms with Crippen molar-refractivity contribution in [1.82, 2.24) is 15.5 Å². The summed E-state index contributed by atoms with van der Waals surface area (Å²) >= 11 is 3.11. The lowest BCUT2D eigenvalue weighted by molar-refractivity contribution is -0.150. The number of nitrogens with zero attached hydrogens (tertiary/aromatic N) is 1. The molecule has 1 saturated heterocycles. The summed E-state index contributed by atoms with van der Waals surface area (Å²) in [5, 5.41) is 15.3. The fourth-order valence-electron chi connectivity index (χ4n) is 3.54. The van der Waals surface area contributed by atoms with Gasteiger partial charge >= 0.3 is 5.97 Å². The second kappa shape index (κ2) is 8.61. The second-order valence-electron chi connectivity index (χ2n) is 7.08. The number of hydrogen-bond donors (Lipinski definition) is 3. The number of nitrogens with one attached hydrogen (secondary N) is 2. The monoisotopic (exact) mass is 443 g/mol. The van der Waals surface area contributed by atoms with Crippen molar-refractivity contribution in [3.8, 4) is 0 Å². The SMILES string of the molecule is CC1=C(/C=C\C2=C(C(=O)O)N3C(=O)C(NC(=O)Cc4ccccc4)C3SC2)SCN1. The van der Waals surface area contributed by atoms with E-state index < -0.39 is 17.4 Å². The predicted molar refractivity (Wildman–Crippen MR) is 117 cm³/mol. The molecule has 1 aromatic carbocycles. The lowest BCUT2D eigenvalue weighted by Gasteiger charge is -2.49. The zero-order valence-electron chi connectivity index (χ0n) is 16.3. The molecule has 7 nitrogen and oxygen atoms in total. The Morgan fingerprint density at radius 2 is 2.07 bits per heavy atom. The predicted octanol–water partition coefficient (Wildman–Crippen LogP) is 2.05. The molecule has 0 spiro atoms. The zero-order valence-corrected chi connectivity index (χ0v) is 17.9. The maximum Gasteiger partial charge on any atom is 0.352 e. The molecule has 9 heteroatoms. The Kier molecular flexibility index (Phi) is 5.92. The average molecular weight is 444 g/mol. The van der Waals surface area contributed by atoms with Crippen LogP contribution < -0.4 is 10.6 Å². The van der Waals surface area contributed by atoms with Crippen LogP contribution in [0.15, 0.2) is 64.4 Å². The van der Waals surface area contributed by atoms with Crippen molar-refractivity contribution in [3.63, 3.8) is 0 Å². The highest BCUT2D eigenvalue weighted by atomic mass is 32.2. The van der Waals surface area contributed by atoms with E-state index in [1.165, 1.54) is 16.7 Å². The number of rotatable bonds is 6. The summed E-state index contributed by atoms with van der Waals surface area (Å²) in [7, 11) is 0. The van der Waals surface area contributed by atoms with Crippen LogP contribution >= 0.6 is 23.5 Å². The number of thioether (sulfide) groups is 2. The summed E-state index contributed by atoms with van der Waals surface area (Å²) in [5.41, 5.74) is 2.51. The molecule has 0 radical (unpaired) electrons. The summed E-state index contributed by atoms with van der Waals surface area (Å²) in [6.07, 6.45) is 3.85. The molecule has 2 amide bonds. The van der Waals surface area contributed by atoms with Gasteiger partial charge in [-0.05, 0) is 24.1 Å². The van der Waals surface area contributed by atoms with Crippen molar-refractivity contribution in [2.45, 2.75) is 24.8 Å². The molecule has 0 aromatic heterocycles. The smallest absolute Gasteiger partial charge is 0.352 e. The number of allylic oxidation sites excluding steroid dienone is 3. The first-order chi connectivity index (χ1) is 14.5. The van der Waals surface area contributed by atoms with Crippen molar-refractivity contribution in [1.29, 1.82) is 0 Å². The summed E-state index contributed by atoms with van der Waals surface area (Å²) in [6, 6.07) is 8.58. The van der Waals surface area contributed by atoms with E-state index >= 15 is 0 Å². The lowest BCUT2D eigenvalue weighted by Crippen LogP contribution is -2.70. The molecule has 0 saturated carbocycles. The Morgan fingerprint density at radius 1 is 1.30 bits per heavy atom. The number of carbonyl (C=O) groups is 3. The Balaban J connectivity index is 1.47. The van der Waals surface area contributed by atoms with Gasteiger partial charge in [0.25, 0.3) is 5.91 Å². The standard InChI is InChI=1S/C21H21N3O4S2/c1-12-15(30-11-22-12)8-7-14-10-29-20-17(19(26)24(20)18(14)21(27)28)23-16(25)9-13-5-3-2-4-6-13/h2-8,17,20,22H,9-11H2,1H3,(H,23,25)(H,27,28)/b8-7-. The van der Waals surface area contributed by atoms with Crippen molar-refractivity contribution >= 4 is 41.3 Å². The first kappa shape index (κ1) is 20.6. The third-order valence-corrected chi connectivity index (χ3v) is 7.44. The fourth-order valence-corrected chi connectivity index (χ4v) is 5.76. The molecule has 3 N–H and O–H groups in total. The van der Waals surface area contributed by atoms with Crippen molar-refractivity contribution < 1.29 is 19.5 Å². The second-order valence-corrected chi connectivity index (χ2v) is 9.21. The summed E-state index contributed by atoms with van der Waals surface area (Å²) in [5.74, 6) is -0.515. The van der Waals surface area contributed by atoms with E-state index in [4.69, 9.17) is 0 Å². The molecule has 3 aliphatic rings. The Labute approximate surface area is 182 Å². The fraction of sp³-hybridized carbons (Fsp3) is 0.286. The number of β-lactam (4-membered cyclic amide) rings is 1. The largest absolute Gasteiger partial charge is 0.477 e. The van der Waals surface area contributed by atoms with E-state index in [0.717, 1.165) is 22.0 Å². The average Bonchev–Trinajstić information content (AvgIpc) is 3.15. The van der Waals surface area contributed by atoms with Gasteiger partial charge in [-0.2, -0.15) is 0 Å². The van der Waals surface area contributed by atoms with E-state index in [-0.39, 0.29) is 23.9 Å². The number of benzene rings is 1. The molecule has 30 heavy (non-hydrogen) atoms. The van der Waals surface area contributed by atoms with E-state index in [0.29, 0.717) is 11.3 Å². The van der Waals surface area contributed by atoms with E-state index in [9.17, 15) is 19.5 Å². The minimum absolute atomic E-state index is 0.00256. The van der Waals surface area contributed by atoms with Gasteiger partial charge in [0.2, 0.25) is 5.91 Å². The molecule has 0 aliphatic carbocycles. The third-order valence-electron chi connectivity index (χ3n) is 5.09. The van der Waals surface area contributed by atoms with Crippen LogP contribution in [0.5, 0.6) is 0 Å². The molecule has 0 bridgehead atoms. The highest BCUT2D eigenvalue weighted by Crippen LogP contribution is 2.41. The van der Waals surface area contributed by atoms with Crippen LogP contribution in [-0.4, -0.2) is 50.8 Å². The van der Waals surface area contributed by atoms with Crippen LogP contribution in [0.3, 0.4) is 0 Å². The van der Waals surface area contributed by atoms with Gasteiger partial charge in [-0.15, -0.1) is 23.5 Å². The van der Waals surface area contributed by atoms with Crippen LogP contribution in [0.25, 0.3) is 0 Å². The van der Waals surface area contributed by atoms with Gasteiger partial charge in [0, 0.05) is 16.4 Å². The maximum absolute atomic E-state index is 12.7. The molecule has 2 unspecified atom stereocenters. The third kappa shape index (κ3) is 3.99. The molecule has 156 valence electrons. The van der Waals surface area contributed by atoms with Crippen molar-refractivity contribution in [3.05, 3.63) is 69.9 Å². The number of carboxylic acid groups (broad SMARTS) is 1. The van der Waals surface area contributed by atoms with Gasteiger partial charge in [0.15, 0.2) is 0 Å². The van der Waals surface area contributed by atoms with Gasteiger partial charge in [-0.3, -0.25) is 14.5 Å². The number of aliphatic carboxylic acids is 1. The molecule has 3 heterocycles. The highest BCUT2D eigenvalue weighted by Gasteiger charge is 2.53. The van der Waals surface area contributed by atoms with Gasteiger partial charge in [0.1, 0.15) is 17.1 Å². The summed E-state index contributed by atoms with van der Waals surface area (Å²) < 4.78 is 0. The van der Waals surface area contributed by atoms with E-state index in [2.05, 4.69) is 10.6 Å². The number of amides is 2. The molecule has 3 aliphatic heterocycles. The van der Waals surface area contributed by atoms with Gasteiger partial charge < -0.3 is 15.7 Å². The van der Waals surface area contributed by atoms with Crippen LogP contribution in [0.4, 0.5) is 0 Å². The molecule has 1 fully saturated rings. The van der Waals surface area contributed by atoms with Crippen LogP contribution in [0, 0.1) is 0 Å². The van der Waals surface area contributed by atoms with Gasteiger partial charge in [-0.1, -0.05) is 36.4 Å².